The summed E-state index contributed by atoms with van der Waals surface area (Å²) in [6.07, 6.45) is 10.2. The second-order valence-electron chi connectivity index (χ2n) is 19.1. The molecule has 0 aliphatic carbocycles. The van der Waals surface area contributed by atoms with Crippen LogP contribution in [0.1, 0.15) is 85.5 Å². The van der Waals surface area contributed by atoms with Crippen molar-refractivity contribution in [1.29, 1.82) is 0 Å². The molecule has 2 aromatic carbocycles. The first-order chi connectivity index (χ1) is 36.5. The van der Waals surface area contributed by atoms with Crippen LogP contribution in [0.15, 0.2) is 114 Å². The van der Waals surface area contributed by atoms with Crippen LogP contribution in [0.25, 0.3) is 34.2 Å². The van der Waals surface area contributed by atoms with Crippen LogP contribution in [-0.4, -0.2) is 92.8 Å². The van der Waals surface area contributed by atoms with Crippen LogP contribution in [0, 0.1) is 13.8 Å². The maximum Gasteiger partial charge on any atom is 0.494 e. The van der Waals surface area contributed by atoms with Crippen LogP contribution in [0.3, 0.4) is 0 Å². The van der Waals surface area contributed by atoms with Gasteiger partial charge in [-0.3, -0.25) is 19.6 Å². The van der Waals surface area contributed by atoms with E-state index >= 15 is 0 Å². The summed E-state index contributed by atoms with van der Waals surface area (Å²) in [5.41, 5.74) is 5.16. The maximum atomic E-state index is 13.4. The molecule has 390 valence electrons. The normalized spacial score (nSPS) is 15.8. The summed E-state index contributed by atoms with van der Waals surface area (Å²) in [7, 11) is -0.580. The summed E-state index contributed by atoms with van der Waals surface area (Å²) < 4.78 is 29.2. The average Bonchev–Trinajstić information content (AvgIpc) is 4.14. The molecule has 3 aliphatic heterocycles. The zero-order valence-electron chi connectivity index (χ0n) is 42.7. The molecule has 22 heteroatoms. The quantitative estimate of drug-likeness (QED) is 0.154. The lowest BCUT2D eigenvalue weighted by Gasteiger charge is -2.32. The number of nitrogens with one attached hydrogen (secondary N) is 2. The van der Waals surface area contributed by atoms with Crippen LogP contribution in [0.4, 0.5) is 11.6 Å². The summed E-state index contributed by atoms with van der Waals surface area (Å²) in [5.74, 6) is 2.55. The van der Waals surface area contributed by atoms with Crippen molar-refractivity contribution in [3.05, 3.63) is 147 Å². The predicted molar refractivity (Wildman–Crippen MR) is 295 cm³/mol. The fourth-order valence-electron chi connectivity index (χ4n) is 8.13. The molecule has 1 saturated heterocycles. The minimum atomic E-state index is -0.580. The van der Waals surface area contributed by atoms with Crippen molar-refractivity contribution >= 4 is 75.2 Å². The van der Waals surface area contributed by atoms with Gasteiger partial charge in [-0.15, -0.1) is 20.4 Å². The number of halogens is 3. The lowest BCUT2D eigenvalue weighted by atomic mass is 9.78. The number of carbonyl (C=O) groups is 2. The highest BCUT2D eigenvalue weighted by atomic mass is 79.9. The minimum absolute atomic E-state index is 0.318. The number of benzene rings is 2. The van der Waals surface area contributed by atoms with E-state index in [9.17, 15) is 9.59 Å². The lowest BCUT2D eigenvalue weighted by Crippen LogP contribution is -2.41. The molecule has 1 fully saturated rings. The molecule has 76 heavy (non-hydrogen) atoms. The summed E-state index contributed by atoms with van der Waals surface area (Å²) in [5, 5.41) is 23.5. The third kappa shape index (κ3) is 12.6. The van der Waals surface area contributed by atoms with Crippen LogP contribution < -0.4 is 25.6 Å². The highest BCUT2D eigenvalue weighted by Gasteiger charge is 2.52. The number of anilines is 2. The van der Waals surface area contributed by atoms with Crippen molar-refractivity contribution in [2.24, 2.45) is 0 Å². The highest BCUT2D eigenvalue weighted by Crippen LogP contribution is 2.37. The Balaban J connectivity index is 0.000000160. The van der Waals surface area contributed by atoms with Crippen molar-refractivity contribution in [2.45, 2.75) is 91.5 Å². The van der Waals surface area contributed by atoms with Crippen LogP contribution in [0.2, 0.25) is 10.0 Å². The van der Waals surface area contributed by atoms with E-state index in [1.807, 2.05) is 111 Å². The van der Waals surface area contributed by atoms with Crippen LogP contribution >= 0.6 is 39.1 Å². The average molecular weight is 1130 g/mol. The number of hydrogen-bond acceptors (Lipinski definition) is 14. The van der Waals surface area contributed by atoms with E-state index in [4.69, 9.17) is 42.0 Å². The number of fused-ring (bicyclic) bond motifs is 10. The number of rotatable bonds is 2. The van der Waals surface area contributed by atoms with E-state index in [0.717, 1.165) is 71.2 Å². The molecule has 4 bridgehead atoms. The number of carbonyl (C=O) groups excluding carboxylic acids is 2. The smallest absolute Gasteiger partial charge is 0.493 e. The number of ether oxygens (including phenoxy) is 2. The van der Waals surface area contributed by atoms with Gasteiger partial charge < -0.3 is 38.6 Å². The molecule has 0 spiro atoms. The Labute approximate surface area is 458 Å². The number of amides is 2. The Kier molecular flexibility index (Phi) is 16.6. The molecule has 2 N–H and O–H groups in total. The number of nitrogens with zero attached hydrogens (tertiary/aromatic N) is 10. The van der Waals surface area contributed by atoms with Gasteiger partial charge in [0.2, 0.25) is 0 Å². The summed E-state index contributed by atoms with van der Waals surface area (Å²) in [4.78, 5) is 44.1. The third-order valence-corrected chi connectivity index (χ3v) is 14.3. The fourth-order valence-corrected chi connectivity index (χ4v) is 8.92. The monoisotopic (exact) mass is 1130 g/mol. The number of pyridine rings is 4. The van der Waals surface area contributed by atoms with Gasteiger partial charge in [-0.25, -0.2) is 9.97 Å². The Morgan fingerprint density at radius 2 is 1.13 bits per heavy atom. The molecule has 8 aromatic rings. The van der Waals surface area contributed by atoms with Gasteiger partial charge in [0.25, 0.3) is 11.8 Å². The van der Waals surface area contributed by atoms with Gasteiger partial charge in [0.05, 0.1) is 57.0 Å². The van der Waals surface area contributed by atoms with Gasteiger partial charge in [-0.05, 0) is 155 Å². The molecule has 0 unspecified atom stereocenters. The number of aryl methyl sites for hydroxylation is 4. The van der Waals surface area contributed by atoms with Gasteiger partial charge >= 0.3 is 7.12 Å². The summed E-state index contributed by atoms with van der Waals surface area (Å²) in [6.45, 7) is 14.2. The molecule has 2 amide bonds. The molecule has 0 saturated carbocycles. The van der Waals surface area contributed by atoms with Gasteiger partial charge in [0.15, 0.2) is 11.6 Å². The van der Waals surface area contributed by atoms with Crippen LogP contribution in [-0.2, 0) is 22.4 Å². The molecule has 0 radical (unpaired) electrons. The van der Waals surface area contributed by atoms with E-state index < -0.39 is 18.3 Å². The predicted octanol–water partition coefficient (Wildman–Crippen LogP) is 10.7. The Morgan fingerprint density at radius 3 is 1.66 bits per heavy atom. The topological polar surface area (TPSA) is 208 Å². The molecule has 6 aromatic heterocycles. The SMILES string of the molecule is CC1(C)OB(c2ccc3c(c2)C(=O)Nc2cccc(n2)-c2nncn2CCCCO3)OC1(C)C.Cc1ncc(-c2ccc3c(c2)C(=O)Nc2cccc(n2)-c2nncn2CCCCO3)cc1Cl.Cc1ncc(Br)cc1Cl. The second kappa shape index (κ2) is 23.4. The van der Waals surface area contributed by atoms with Gasteiger partial charge in [0.1, 0.15) is 47.2 Å². The summed E-state index contributed by atoms with van der Waals surface area (Å²) >= 11 is 15.2. The largest absolute Gasteiger partial charge is 0.494 e. The fraction of sp³-hybridized carbons (Fsp3) is 0.296. The van der Waals surface area contributed by atoms with Crippen molar-refractivity contribution in [1.82, 2.24) is 49.5 Å². The molecule has 18 nitrogen and oxygen atoms in total. The maximum absolute atomic E-state index is 13.4. The molecule has 3 aliphatic rings. The summed E-state index contributed by atoms with van der Waals surface area (Å²) in [6, 6.07) is 25.5. The highest BCUT2D eigenvalue weighted by molar-refractivity contribution is 9.10. The Hall–Kier alpha value is -7.10. The lowest BCUT2D eigenvalue weighted by molar-refractivity contribution is 0.00578. The zero-order chi connectivity index (χ0) is 53.6. The van der Waals surface area contributed by atoms with Crippen molar-refractivity contribution in [3.8, 4) is 45.7 Å². The van der Waals surface area contributed by atoms with E-state index in [0.29, 0.717) is 80.6 Å². The molecule has 9 heterocycles. The van der Waals surface area contributed by atoms with E-state index in [1.54, 1.807) is 49.3 Å². The third-order valence-electron chi connectivity index (χ3n) is 13.1. The van der Waals surface area contributed by atoms with Crippen molar-refractivity contribution < 1.29 is 28.4 Å². The molecular weight excluding hydrogens is 1070 g/mol. The molecule has 11 rings (SSSR count). The van der Waals surface area contributed by atoms with E-state index in [1.165, 1.54) is 0 Å². The molecule has 0 atom stereocenters. The first-order valence-corrected chi connectivity index (χ1v) is 26.2. The van der Waals surface area contributed by atoms with Gasteiger partial charge in [-0.2, -0.15) is 0 Å². The van der Waals surface area contributed by atoms with Crippen molar-refractivity contribution in [3.63, 3.8) is 0 Å². The Bertz CT molecular complexity index is 3400. The standard InChI is InChI=1S/C24H28BN5O4.C24H21ClN6O2.C6H5BrClN/c1-23(2)24(3,4)34-25(33-23)16-10-11-19-17(14-16)22(31)28-20-9-7-8-18(27-20)21-29-26-15-30(21)12-5-6-13-32-19;1-15-19(25)12-17(13-26-15)16-7-8-21-18(11-16)24(32)29-22-6-4-5-20(28-22)23-30-27-14-31(23)9-2-3-10-33-21;1-4-6(8)2-5(7)3-9-4/h7-11,14-15H,5-6,12-13H2,1-4H3,(H,27,28,31);4-8,11-14H,2-3,9-10H2,1H3,(H,28,29,32);2-3H,1H3. The number of hydrogen-bond donors (Lipinski definition) is 2. The molecular formula is C54H54BBrCl2N12O6. The number of aromatic nitrogens is 10. The first-order valence-electron chi connectivity index (χ1n) is 24.6. The van der Waals surface area contributed by atoms with Crippen molar-refractivity contribution in [2.75, 3.05) is 23.8 Å². The second-order valence-corrected chi connectivity index (χ2v) is 20.8. The minimum Gasteiger partial charge on any atom is -0.493 e. The van der Waals surface area contributed by atoms with E-state index in [2.05, 4.69) is 66.9 Å². The first kappa shape index (κ1) is 53.7. The van der Waals surface area contributed by atoms with Crippen LogP contribution in [0.5, 0.6) is 11.5 Å². The van der Waals surface area contributed by atoms with Gasteiger partial charge in [-0.1, -0.05) is 47.5 Å². The Morgan fingerprint density at radius 1 is 0.618 bits per heavy atom. The van der Waals surface area contributed by atoms with E-state index in [-0.39, 0.29) is 11.8 Å². The zero-order valence-corrected chi connectivity index (χ0v) is 45.8. The van der Waals surface area contributed by atoms with Gasteiger partial charge in [0, 0.05) is 35.5 Å².